The van der Waals surface area contributed by atoms with Crippen LogP contribution in [0, 0.1) is 17.1 Å². The molecule has 0 aromatic heterocycles. The number of nitriles is 1. The van der Waals surface area contributed by atoms with E-state index < -0.39 is 11.9 Å². The third kappa shape index (κ3) is 4.43. The van der Waals surface area contributed by atoms with Gasteiger partial charge in [0.25, 0.3) is 0 Å². The second-order valence-electron chi connectivity index (χ2n) is 6.27. The molecule has 0 bridgehead atoms. The average molecular weight is 340 g/mol. The van der Waals surface area contributed by atoms with Crippen LogP contribution in [0.3, 0.4) is 0 Å². The molecular weight excluding hydrogens is 319 g/mol. The van der Waals surface area contributed by atoms with Crippen molar-refractivity contribution in [3.05, 3.63) is 71.0 Å². The summed E-state index contributed by atoms with van der Waals surface area (Å²) >= 11 is 0. The van der Waals surface area contributed by atoms with Crippen LogP contribution in [-0.4, -0.2) is 35.8 Å². The summed E-state index contributed by atoms with van der Waals surface area (Å²) < 4.78 is 18.9. The quantitative estimate of drug-likeness (QED) is 0.909. The molecule has 130 valence electrons. The lowest BCUT2D eigenvalue weighted by molar-refractivity contribution is -0.0300. The second kappa shape index (κ2) is 8.21. The molecule has 25 heavy (non-hydrogen) atoms. The van der Waals surface area contributed by atoms with E-state index in [1.54, 1.807) is 6.07 Å². The van der Waals surface area contributed by atoms with Crippen molar-refractivity contribution in [3.8, 4) is 6.07 Å². The number of hydrogen-bond donors (Lipinski definition) is 1. The highest BCUT2D eigenvalue weighted by molar-refractivity contribution is 5.38. The molecule has 2 aromatic rings. The van der Waals surface area contributed by atoms with E-state index >= 15 is 0 Å². The lowest BCUT2D eigenvalue weighted by atomic mass is 9.99. The van der Waals surface area contributed by atoms with Gasteiger partial charge in [-0.1, -0.05) is 36.4 Å². The number of halogens is 1. The van der Waals surface area contributed by atoms with Gasteiger partial charge in [0.2, 0.25) is 0 Å². The van der Waals surface area contributed by atoms with Crippen LogP contribution in [0.2, 0.25) is 0 Å². The molecule has 1 saturated heterocycles. The fourth-order valence-corrected chi connectivity index (χ4v) is 3.19. The first-order valence-corrected chi connectivity index (χ1v) is 8.40. The summed E-state index contributed by atoms with van der Waals surface area (Å²) in [5, 5.41) is 19.7. The lowest BCUT2D eigenvalue weighted by Crippen LogP contribution is -2.45. The molecule has 1 fully saturated rings. The van der Waals surface area contributed by atoms with E-state index in [9.17, 15) is 14.8 Å². The highest BCUT2D eigenvalue weighted by Crippen LogP contribution is 2.24. The first-order chi connectivity index (χ1) is 12.2. The second-order valence-corrected chi connectivity index (χ2v) is 6.27. The first-order valence-electron chi connectivity index (χ1n) is 8.40. The first kappa shape index (κ1) is 17.6. The summed E-state index contributed by atoms with van der Waals surface area (Å²) in [6.07, 6.45) is -0.0216. The Balaban J connectivity index is 1.72. The van der Waals surface area contributed by atoms with Crippen molar-refractivity contribution < 1.29 is 14.2 Å². The summed E-state index contributed by atoms with van der Waals surface area (Å²) in [7, 11) is 0. The van der Waals surface area contributed by atoms with Crippen LogP contribution >= 0.6 is 0 Å². The largest absolute Gasteiger partial charge is 0.388 e. The van der Waals surface area contributed by atoms with E-state index in [1.807, 2.05) is 30.3 Å². The Morgan fingerprint density at radius 2 is 2.08 bits per heavy atom. The smallest absolute Gasteiger partial charge is 0.124 e. The van der Waals surface area contributed by atoms with Crippen molar-refractivity contribution in [2.24, 2.45) is 0 Å². The maximum absolute atomic E-state index is 13.3. The zero-order valence-electron chi connectivity index (χ0n) is 13.9. The van der Waals surface area contributed by atoms with Crippen molar-refractivity contribution in [2.75, 3.05) is 19.8 Å². The molecule has 2 atom stereocenters. The van der Waals surface area contributed by atoms with Gasteiger partial charge in [-0.05, 0) is 29.7 Å². The van der Waals surface area contributed by atoms with Crippen molar-refractivity contribution in [1.29, 1.82) is 5.26 Å². The molecule has 0 aliphatic carbocycles. The Labute approximate surface area is 147 Å². The summed E-state index contributed by atoms with van der Waals surface area (Å²) in [5.41, 5.74) is 2.03. The topological polar surface area (TPSA) is 56.5 Å². The zero-order valence-corrected chi connectivity index (χ0v) is 13.9. The van der Waals surface area contributed by atoms with E-state index in [2.05, 4.69) is 11.0 Å². The van der Waals surface area contributed by atoms with Gasteiger partial charge >= 0.3 is 0 Å². The number of aliphatic hydroxyl groups excluding tert-OH is 1. The predicted molar refractivity (Wildman–Crippen MR) is 92.2 cm³/mol. The van der Waals surface area contributed by atoms with Crippen LogP contribution in [-0.2, 0) is 11.3 Å². The molecule has 0 amide bonds. The number of rotatable bonds is 5. The Morgan fingerprint density at radius 3 is 2.84 bits per heavy atom. The minimum atomic E-state index is -0.570. The molecule has 1 N–H and O–H groups in total. The zero-order chi connectivity index (χ0) is 17.6. The molecule has 2 unspecified atom stereocenters. The Kier molecular flexibility index (Phi) is 5.77. The average Bonchev–Trinajstić information content (AvgIpc) is 2.65. The van der Waals surface area contributed by atoms with Gasteiger partial charge in [-0.25, -0.2) is 4.39 Å². The summed E-state index contributed by atoms with van der Waals surface area (Å²) in [4.78, 5) is 2.20. The Bertz CT molecular complexity index is 745. The van der Waals surface area contributed by atoms with Crippen LogP contribution in [0.4, 0.5) is 4.39 Å². The van der Waals surface area contributed by atoms with Gasteiger partial charge in [0.05, 0.1) is 31.0 Å². The van der Waals surface area contributed by atoms with Gasteiger partial charge in [0.15, 0.2) is 0 Å². The summed E-state index contributed by atoms with van der Waals surface area (Å²) in [5.74, 6) is -0.404. The maximum atomic E-state index is 13.3. The van der Waals surface area contributed by atoms with E-state index in [0.29, 0.717) is 38.3 Å². The van der Waals surface area contributed by atoms with Crippen molar-refractivity contribution in [3.63, 3.8) is 0 Å². The third-order valence-electron chi connectivity index (χ3n) is 4.59. The number of benzene rings is 2. The van der Waals surface area contributed by atoms with Crippen LogP contribution in [0.5, 0.6) is 0 Å². The highest BCUT2D eigenvalue weighted by atomic mass is 19.1. The SMILES string of the molecule is N#Cc1cc(F)ccc1CN1CCOCC1CC(O)c1ccccc1. The standard InChI is InChI=1S/C20H21FN2O2/c21-18-7-6-16(17(10-18)12-22)13-23-8-9-25-14-19(23)11-20(24)15-4-2-1-3-5-15/h1-7,10,19-20,24H,8-9,11,13-14H2. The van der Waals surface area contributed by atoms with Gasteiger partial charge in [-0.2, -0.15) is 5.26 Å². The fraction of sp³-hybridized carbons (Fsp3) is 0.350. The monoisotopic (exact) mass is 340 g/mol. The minimum absolute atomic E-state index is 0.0422. The molecule has 0 saturated carbocycles. The number of morpholine rings is 1. The van der Waals surface area contributed by atoms with Crippen LogP contribution in [0.15, 0.2) is 48.5 Å². The van der Waals surface area contributed by atoms with E-state index in [0.717, 1.165) is 11.1 Å². The Morgan fingerprint density at radius 1 is 1.28 bits per heavy atom. The fourth-order valence-electron chi connectivity index (χ4n) is 3.19. The molecule has 1 aliphatic rings. The van der Waals surface area contributed by atoms with Gasteiger partial charge in [-0.15, -0.1) is 0 Å². The number of aliphatic hydroxyl groups is 1. The maximum Gasteiger partial charge on any atom is 0.124 e. The molecule has 5 heteroatoms. The minimum Gasteiger partial charge on any atom is -0.388 e. The molecule has 1 aliphatic heterocycles. The molecule has 0 radical (unpaired) electrons. The highest BCUT2D eigenvalue weighted by Gasteiger charge is 2.26. The molecule has 4 nitrogen and oxygen atoms in total. The molecule has 3 rings (SSSR count). The predicted octanol–water partition coefficient (Wildman–Crippen LogP) is 3.02. The van der Waals surface area contributed by atoms with Crippen LogP contribution in [0.1, 0.15) is 29.2 Å². The van der Waals surface area contributed by atoms with E-state index in [1.165, 1.54) is 12.1 Å². The summed E-state index contributed by atoms with van der Waals surface area (Å²) in [6.45, 7) is 2.40. The van der Waals surface area contributed by atoms with E-state index in [-0.39, 0.29) is 6.04 Å². The molecule has 0 spiro atoms. The van der Waals surface area contributed by atoms with Crippen molar-refractivity contribution >= 4 is 0 Å². The van der Waals surface area contributed by atoms with Crippen LogP contribution in [0.25, 0.3) is 0 Å². The van der Waals surface area contributed by atoms with Gasteiger partial charge in [0.1, 0.15) is 5.82 Å². The Hall–Kier alpha value is -2.26. The molecule has 2 aromatic carbocycles. The number of hydrogen-bond acceptors (Lipinski definition) is 4. The van der Waals surface area contributed by atoms with E-state index in [4.69, 9.17) is 4.74 Å². The van der Waals surface area contributed by atoms with Gasteiger partial charge in [-0.3, -0.25) is 4.90 Å². The van der Waals surface area contributed by atoms with Crippen molar-refractivity contribution in [1.82, 2.24) is 4.90 Å². The van der Waals surface area contributed by atoms with Gasteiger partial charge in [0, 0.05) is 19.1 Å². The molecular formula is C20H21FN2O2. The number of ether oxygens (including phenoxy) is 1. The lowest BCUT2D eigenvalue weighted by Gasteiger charge is -2.36. The molecule has 1 heterocycles. The summed E-state index contributed by atoms with van der Waals surface area (Å²) in [6, 6.07) is 16.0. The van der Waals surface area contributed by atoms with Gasteiger partial charge < -0.3 is 9.84 Å². The van der Waals surface area contributed by atoms with Crippen LogP contribution < -0.4 is 0 Å². The normalized spacial score (nSPS) is 19.3. The third-order valence-corrected chi connectivity index (χ3v) is 4.59. The van der Waals surface area contributed by atoms with Crippen molar-refractivity contribution in [2.45, 2.75) is 25.1 Å². The number of nitrogens with zero attached hydrogens (tertiary/aromatic N) is 2.